The molecule has 0 saturated carbocycles. The Hall–Kier alpha value is -0.0900. The van der Waals surface area contributed by atoms with Crippen LogP contribution in [0.4, 0.5) is 0 Å². The van der Waals surface area contributed by atoms with Crippen molar-refractivity contribution in [2.45, 2.75) is 53.2 Å². The Morgan fingerprint density at radius 3 is 1.50 bits per heavy atom. The second-order valence-electron chi connectivity index (χ2n) is 6.13. The van der Waals surface area contributed by atoms with Gasteiger partial charge >= 0.3 is 0 Å². The molecule has 1 N–H and O–H groups in total. The van der Waals surface area contributed by atoms with Crippen molar-refractivity contribution in [3.05, 3.63) is 0 Å². The molecule has 4 heteroatoms. The molecule has 0 aromatic carbocycles. The van der Waals surface area contributed by atoms with E-state index in [1.807, 2.05) is 41.5 Å². The molecule has 0 aliphatic rings. The van der Waals surface area contributed by atoms with E-state index >= 15 is 0 Å². The highest BCUT2D eigenvalue weighted by atomic mass is 32.2. The zero-order chi connectivity index (χ0) is 11.8. The van der Waals surface area contributed by atoms with Gasteiger partial charge in [0.25, 0.3) is 10.1 Å². The second kappa shape index (κ2) is 3.81. The van der Waals surface area contributed by atoms with E-state index < -0.39 is 20.8 Å². The van der Waals surface area contributed by atoms with Crippen LogP contribution in [0, 0.1) is 10.8 Å². The fourth-order valence-electron chi connectivity index (χ4n) is 1.41. The van der Waals surface area contributed by atoms with Crippen LogP contribution in [0.5, 0.6) is 0 Å². The van der Waals surface area contributed by atoms with Crippen molar-refractivity contribution in [1.82, 2.24) is 0 Å². The van der Waals surface area contributed by atoms with E-state index in [1.54, 1.807) is 0 Å². The van der Waals surface area contributed by atoms with Crippen molar-refractivity contribution >= 4 is 10.1 Å². The van der Waals surface area contributed by atoms with Crippen molar-refractivity contribution in [3.63, 3.8) is 0 Å². The van der Waals surface area contributed by atoms with Gasteiger partial charge in [0.1, 0.15) is 0 Å². The topological polar surface area (TPSA) is 54.4 Å². The van der Waals surface area contributed by atoms with Gasteiger partial charge in [-0.1, -0.05) is 41.5 Å². The summed E-state index contributed by atoms with van der Waals surface area (Å²) in [5.41, 5.74) is -0.533. The van der Waals surface area contributed by atoms with Gasteiger partial charge in [0.05, 0.1) is 5.25 Å². The molecule has 0 radical (unpaired) electrons. The van der Waals surface area contributed by atoms with Crippen LogP contribution in [0.25, 0.3) is 0 Å². The summed E-state index contributed by atoms with van der Waals surface area (Å²) in [7, 11) is -3.96. The molecule has 0 spiro atoms. The summed E-state index contributed by atoms with van der Waals surface area (Å²) >= 11 is 0. The summed E-state index contributed by atoms with van der Waals surface area (Å²) < 4.78 is 31.6. The van der Waals surface area contributed by atoms with Crippen molar-refractivity contribution in [1.29, 1.82) is 0 Å². The van der Waals surface area contributed by atoms with Crippen molar-refractivity contribution in [3.8, 4) is 0 Å². The van der Waals surface area contributed by atoms with E-state index in [4.69, 9.17) is 4.55 Å². The molecule has 0 amide bonds. The molecule has 0 fully saturated rings. The third kappa shape index (κ3) is 4.96. The average molecular weight is 222 g/mol. The summed E-state index contributed by atoms with van der Waals surface area (Å²) in [6, 6.07) is 0. The van der Waals surface area contributed by atoms with Crippen LogP contribution < -0.4 is 0 Å². The minimum absolute atomic E-state index is 0.103. The van der Waals surface area contributed by atoms with Gasteiger partial charge in [-0.05, 0) is 17.3 Å². The molecule has 86 valence electrons. The quantitative estimate of drug-likeness (QED) is 0.731. The molecule has 0 heterocycles. The molecule has 0 rings (SSSR count). The molecule has 14 heavy (non-hydrogen) atoms. The van der Waals surface area contributed by atoms with E-state index in [0.29, 0.717) is 6.42 Å². The lowest BCUT2D eigenvalue weighted by atomic mass is 9.81. The summed E-state index contributed by atoms with van der Waals surface area (Å²) in [5.74, 6) is 0. The van der Waals surface area contributed by atoms with Crippen molar-refractivity contribution < 1.29 is 13.0 Å². The Kier molecular flexibility index (Phi) is 3.79. The first-order valence-corrected chi connectivity index (χ1v) is 6.31. The van der Waals surface area contributed by atoms with Crippen LogP contribution in [0.1, 0.15) is 48.0 Å². The fourth-order valence-corrected chi connectivity index (χ4v) is 3.02. The lowest BCUT2D eigenvalue weighted by Crippen LogP contribution is -2.37. The standard InChI is InChI=1S/C10H22O3S/c1-9(2,3)7-8(10(4,5)6)14(11,12)13/h8H,7H2,1-6H3,(H,11,12,13). The minimum atomic E-state index is -3.96. The highest BCUT2D eigenvalue weighted by Gasteiger charge is 2.37. The first-order valence-electron chi connectivity index (χ1n) is 4.80. The number of hydrogen-bond donors (Lipinski definition) is 1. The van der Waals surface area contributed by atoms with Crippen LogP contribution in [-0.4, -0.2) is 18.2 Å². The van der Waals surface area contributed by atoms with Gasteiger partial charge in [-0.2, -0.15) is 8.42 Å². The summed E-state index contributed by atoms with van der Waals surface area (Å²) in [6.07, 6.45) is 0.468. The maximum atomic E-state index is 11.2. The molecular weight excluding hydrogens is 200 g/mol. The van der Waals surface area contributed by atoms with E-state index in [1.165, 1.54) is 0 Å². The molecule has 0 bridgehead atoms. The van der Waals surface area contributed by atoms with Gasteiger partial charge in [-0.3, -0.25) is 4.55 Å². The Balaban J connectivity index is 4.98. The highest BCUT2D eigenvalue weighted by Crippen LogP contribution is 2.34. The summed E-state index contributed by atoms with van der Waals surface area (Å²) in [6.45, 7) is 11.4. The smallest absolute Gasteiger partial charge is 0.268 e. The maximum Gasteiger partial charge on any atom is 0.268 e. The Labute approximate surface area is 87.7 Å². The summed E-state index contributed by atoms with van der Waals surface area (Å²) in [4.78, 5) is 0. The zero-order valence-corrected chi connectivity index (χ0v) is 10.8. The number of rotatable bonds is 2. The third-order valence-electron chi connectivity index (χ3n) is 2.12. The van der Waals surface area contributed by atoms with Crippen molar-refractivity contribution in [2.24, 2.45) is 10.8 Å². The van der Waals surface area contributed by atoms with Crippen LogP contribution in [-0.2, 0) is 10.1 Å². The molecular formula is C10H22O3S. The maximum absolute atomic E-state index is 11.2. The van der Waals surface area contributed by atoms with E-state index in [9.17, 15) is 8.42 Å². The van der Waals surface area contributed by atoms with Crippen molar-refractivity contribution in [2.75, 3.05) is 0 Å². The monoisotopic (exact) mass is 222 g/mol. The molecule has 0 saturated heterocycles. The predicted octanol–water partition coefficient (Wildman–Crippen LogP) is 2.73. The van der Waals surface area contributed by atoms with Gasteiger partial charge in [0, 0.05) is 0 Å². The van der Waals surface area contributed by atoms with Gasteiger partial charge in [0.2, 0.25) is 0 Å². The normalized spacial score (nSPS) is 16.8. The second-order valence-corrected chi connectivity index (χ2v) is 7.73. The molecule has 1 atom stereocenters. The molecule has 3 nitrogen and oxygen atoms in total. The van der Waals surface area contributed by atoms with E-state index in [2.05, 4.69) is 0 Å². The summed E-state index contributed by atoms with van der Waals surface area (Å²) in [5, 5.41) is -0.699. The Morgan fingerprint density at radius 1 is 1.07 bits per heavy atom. The molecule has 0 aliphatic carbocycles. The van der Waals surface area contributed by atoms with Gasteiger partial charge < -0.3 is 0 Å². The van der Waals surface area contributed by atoms with E-state index in [-0.39, 0.29) is 5.41 Å². The highest BCUT2D eigenvalue weighted by molar-refractivity contribution is 7.86. The zero-order valence-electron chi connectivity index (χ0n) is 9.96. The number of hydrogen-bond acceptors (Lipinski definition) is 2. The molecule has 0 aromatic heterocycles. The van der Waals surface area contributed by atoms with Crippen LogP contribution in [0.2, 0.25) is 0 Å². The van der Waals surface area contributed by atoms with Gasteiger partial charge in [0.15, 0.2) is 0 Å². The average Bonchev–Trinajstić information content (AvgIpc) is 1.75. The fraction of sp³-hybridized carbons (Fsp3) is 1.00. The minimum Gasteiger partial charge on any atom is -0.285 e. The van der Waals surface area contributed by atoms with Crippen LogP contribution in [0.3, 0.4) is 0 Å². The van der Waals surface area contributed by atoms with E-state index in [0.717, 1.165) is 0 Å². The van der Waals surface area contributed by atoms with Gasteiger partial charge in [-0.25, -0.2) is 0 Å². The van der Waals surface area contributed by atoms with Crippen LogP contribution >= 0.6 is 0 Å². The first-order chi connectivity index (χ1) is 5.84. The predicted molar refractivity (Wildman–Crippen MR) is 58.9 cm³/mol. The largest absolute Gasteiger partial charge is 0.285 e. The lowest BCUT2D eigenvalue weighted by Gasteiger charge is -2.33. The first kappa shape index (κ1) is 13.9. The SMILES string of the molecule is CC(C)(C)CC(C(C)(C)C)S(=O)(=O)O. The Morgan fingerprint density at radius 2 is 1.43 bits per heavy atom. The third-order valence-corrected chi connectivity index (χ3v) is 3.72. The Bertz CT molecular complexity index is 277. The molecule has 0 aliphatic heterocycles. The molecule has 1 unspecified atom stereocenters. The van der Waals surface area contributed by atoms with Crippen LogP contribution in [0.15, 0.2) is 0 Å². The molecule has 0 aromatic rings. The lowest BCUT2D eigenvalue weighted by molar-refractivity contribution is 0.265. The van der Waals surface area contributed by atoms with Gasteiger partial charge in [-0.15, -0.1) is 0 Å².